The number of phenolic OH excluding ortho intramolecular Hbond substituents is 1. The number of phenols is 1. The highest BCUT2D eigenvalue weighted by molar-refractivity contribution is 5.92. The van der Waals surface area contributed by atoms with Gasteiger partial charge < -0.3 is 10.2 Å². The van der Waals surface area contributed by atoms with E-state index in [4.69, 9.17) is 5.11 Å². The normalized spacial score (nSPS) is 10.3. The van der Waals surface area contributed by atoms with E-state index in [1.807, 2.05) is 0 Å². The van der Waals surface area contributed by atoms with Crippen LogP contribution in [-0.4, -0.2) is 16.2 Å². The van der Waals surface area contributed by atoms with Crippen molar-refractivity contribution in [2.75, 3.05) is 0 Å². The van der Waals surface area contributed by atoms with Crippen LogP contribution in [0.3, 0.4) is 0 Å². The van der Waals surface area contributed by atoms with Gasteiger partial charge in [0.05, 0.1) is 5.56 Å². The monoisotopic (exact) mass is 246 g/mol. The van der Waals surface area contributed by atoms with Gasteiger partial charge in [0.25, 0.3) is 0 Å². The summed E-state index contributed by atoms with van der Waals surface area (Å²) in [4.78, 5) is 11.0. The number of halogens is 1. The third kappa shape index (κ3) is 2.05. The number of aromatic hydroxyl groups is 1. The molecule has 0 aromatic heterocycles. The molecule has 0 aliphatic rings. The average molecular weight is 246 g/mol. The van der Waals surface area contributed by atoms with Crippen molar-refractivity contribution in [3.63, 3.8) is 0 Å². The highest BCUT2D eigenvalue weighted by atomic mass is 19.1. The molecule has 2 aromatic carbocycles. The number of carboxylic acids is 1. The third-order valence-electron chi connectivity index (χ3n) is 2.81. The van der Waals surface area contributed by atoms with Gasteiger partial charge in [-0.05, 0) is 42.3 Å². The van der Waals surface area contributed by atoms with Gasteiger partial charge in [-0.3, -0.25) is 0 Å². The number of aromatic carboxylic acids is 1. The Morgan fingerprint density at radius 3 is 2.56 bits per heavy atom. The minimum atomic E-state index is -1.05. The SMILES string of the molecule is Cc1c(C(=O)O)cccc1-c1cc(F)ccc1O. The highest BCUT2D eigenvalue weighted by Gasteiger charge is 2.14. The molecule has 0 bridgehead atoms. The molecule has 0 spiro atoms. The van der Waals surface area contributed by atoms with Crippen LogP contribution in [0, 0.1) is 12.7 Å². The first-order chi connectivity index (χ1) is 8.50. The predicted octanol–water partition coefficient (Wildman–Crippen LogP) is 3.20. The van der Waals surface area contributed by atoms with Gasteiger partial charge in [-0.1, -0.05) is 12.1 Å². The van der Waals surface area contributed by atoms with Crippen molar-refractivity contribution in [2.24, 2.45) is 0 Å². The maximum atomic E-state index is 13.2. The lowest BCUT2D eigenvalue weighted by atomic mass is 9.96. The van der Waals surface area contributed by atoms with Gasteiger partial charge in [0.1, 0.15) is 11.6 Å². The van der Waals surface area contributed by atoms with E-state index in [-0.39, 0.29) is 16.9 Å². The summed E-state index contributed by atoms with van der Waals surface area (Å²) in [5, 5.41) is 18.8. The molecule has 0 unspecified atom stereocenters. The van der Waals surface area contributed by atoms with Gasteiger partial charge in [-0.2, -0.15) is 0 Å². The molecule has 0 heterocycles. The number of rotatable bonds is 2. The quantitative estimate of drug-likeness (QED) is 0.855. The molecular weight excluding hydrogens is 235 g/mol. The van der Waals surface area contributed by atoms with Crippen molar-refractivity contribution in [3.05, 3.63) is 53.3 Å². The summed E-state index contributed by atoms with van der Waals surface area (Å²) in [6.45, 7) is 1.63. The number of carboxylic acid groups (broad SMARTS) is 1. The minimum Gasteiger partial charge on any atom is -0.507 e. The van der Waals surface area contributed by atoms with Crippen LogP contribution in [0.15, 0.2) is 36.4 Å². The fourth-order valence-corrected chi connectivity index (χ4v) is 1.88. The predicted molar refractivity (Wildman–Crippen MR) is 65.2 cm³/mol. The Balaban J connectivity index is 2.68. The topological polar surface area (TPSA) is 57.5 Å². The van der Waals surface area contributed by atoms with Crippen LogP contribution >= 0.6 is 0 Å². The lowest BCUT2D eigenvalue weighted by Gasteiger charge is -2.10. The summed E-state index contributed by atoms with van der Waals surface area (Å²) < 4.78 is 13.2. The van der Waals surface area contributed by atoms with Crippen LogP contribution in [-0.2, 0) is 0 Å². The van der Waals surface area contributed by atoms with E-state index in [9.17, 15) is 14.3 Å². The molecule has 2 rings (SSSR count). The van der Waals surface area contributed by atoms with Gasteiger partial charge in [-0.25, -0.2) is 9.18 Å². The first-order valence-electron chi connectivity index (χ1n) is 5.32. The van der Waals surface area contributed by atoms with Crippen molar-refractivity contribution in [1.29, 1.82) is 0 Å². The molecule has 0 aliphatic carbocycles. The third-order valence-corrected chi connectivity index (χ3v) is 2.81. The van der Waals surface area contributed by atoms with E-state index in [1.165, 1.54) is 18.2 Å². The maximum absolute atomic E-state index is 13.2. The van der Waals surface area contributed by atoms with E-state index in [0.29, 0.717) is 11.1 Å². The summed E-state index contributed by atoms with van der Waals surface area (Å²) >= 11 is 0. The number of carbonyl (C=O) groups is 1. The second-order valence-electron chi connectivity index (χ2n) is 3.94. The Hall–Kier alpha value is -2.36. The van der Waals surface area contributed by atoms with Gasteiger partial charge >= 0.3 is 5.97 Å². The summed E-state index contributed by atoms with van der Waals surface area (Å²) in [5.74, 6) is -1.62. The number of benzene rings is 2. The van der Waals surface area contributed by atoms with Crippen molar-refractivity contribution < 1.29 is 19.4 Å². The second-order valence-corrected chi connectivity index (χ2v) is 3.94. The smallest absolute Gasteiger partial charge is 0.335 e. The minimum absolute atomic E-state index is 0.0814. The summed E-state index contributed by atoms with van der Waals surface area (Å²) in [6.07, 6.45) is 0. The van der Waals surface area contributed by atoms with Crippen molar-refractivity contribution in [3.8, 4) is 16.9 Å². The molecular formula is C14H11FO3. The number of hydrogen-bond acceptors (Lipinski definition) is 2. The zero-order chi connectivity index (χ0) is 13.3. The van der Waals surface area contributed by atoms with Crippen LogP contribution < -0.4 is 0 Å². The molecule has 0 saturated carbocycles. The van der Waals surface area contributed by atoms with E-state index >= 15 is 0 Å². The molecule has 3 nitrogen and oxygen atoms in total. The van der Waals surface area contributed by atoms with E-state index in [1.54, 1.807) is 19.1 Å². The second kappa shape index (κ2) is 4.49. The van der Waals surface area contributed by atoms with Gasteiger partial charge in [-0.15, -0.1) is 0 Å². The average Bonchev–Trinajstić information content (AvgIpc) is 2.32. The zero-order valence-corrected chi connectivity index (χ0v) is 9.64. The molecule has 4 heteroatoms. The standard InChI is InChI=1S/C14H11FO3/c1-8-10(3-2-4-11(8)14(17)18)12-7-9(15)5-6-13(12)16/h2-7,16H,1H3,(H,17,18). The van der Waals surface area contributed by atoms with Crippen LogP contribution in [0.2, 0.25) is 0 Å². The largest absolute Gasteiger partial charge is 0.507 e. The molecule has 0 amide bonds. The van der Waals surface area contributed by atoms with Gasteiger partial charge in [0.15, 0.2) is 0 Å². The Bertz CT molecular complexity index is 620. The Kier molecular flexibility index (Phi) is 3.02. The molecule has 0 fully saturated rings. The van der Waals surface area contributed by atoms with Crippen molar-refractivity contribution >= 4 is 5.97 Å². The Morgan fingerprint density at radius 2 is 1.89 bits per heavy atom. The molecule has 18 heavy (non-hydrogen) atoms. The summed E-state index contributed by atoms with van der Waals surface area (Å²) in [7, 11) is 0. The van der Waals surface area contributed by atoms with E-state index < -0.39 is 11.8 Å². The van der Waals surface area contributed by atoms with Gasteiger partial charge in [0.2, 0.25) is 0 Å². The molecule has 0 atom stereocenters. The first-order valence-corrected chi connectivity index (χ1v) is 5.32. The van der Waals surface area contributed by atoms with E-state index in [2.05, 4.69) is 0 Å². The van der Waals surface area contributed by atoms with E-state index in [0.717, 1.165) is 6.07 Å². The molecule has 2 N–H and O–H groups in total. The van der Waals surface area contributed by atoms with Crippen LogP contribution in [0.1, 0.15) is 15.9 Å². The lowest BCUT2D eigenvalue weighted by Crippen LogP contribution is -2.00. The van der Waals surface area contributed by atoms with Crippen molar-refractivity contribution in [1.82, 2.24) is 0 Å². The lowest BCUT2D eigenvalue weighted by molar-refractivity contribution is 0.0696. The molecule has 0 aliphatic heterocycles. The molecule has 92 valence electrons. The molecule has 2 aromatic rings. The summed E-state index contributed by atoms with van der Waals surface area (Å²) in [5.41, 5.74) is 1.42. The fraction of sp³-hybridized carbons (Fsp3) is 0.0714. The van der Waals surface area contributed by atoms with Crippen molar-refractivity contribution in [2.45, 2.75) is 6.92 Å². The van der Waals surface area contributed by atoms with Crippen LogP contribution in [0.5, 0.6) is 5.75 Å². The fourth-order valence-electron chi connectivity index (χ4n) is 1.88. The first kappa shape index (κ1) is 12.1. The highest BCUT2D eigenvalue weighted by Crippen LogP contribution is 2.33. The Morgan fingerprint density at radius 1 is 1.17 bits per heavy atom. The maximum Gasteiger partial charge on any atom is 0.335 e. The zero-order valence-electron chi connectivity index (χ0n) is 9.64. The van der Waals surface area contributed by atoms with Crippen LogP contribution in [0.25, 0.3) is 11.1 Å². The van der Waals surface area contributed by atoms with Gasteiger partial charge in [0, 0.05) is 5.56 Å². The molecule has 0 saturated heterocycles. The Labute approximate surface area is 103 Å². The summed E-state index contributed by atoms with van der Waals surface area (Å²) in [6, 6.07) is 8.26. The molecule has 0 radical (unpaired) electrons. The van der Waals surface area contributed by atoms with Crippen LogP contribution in [0.4, 0.5) is 4.39 Å². The number of hydrogen-bond donors (Lipinski definition) is 2.